The molecule has 0 radical (unpaired) electrons. The fourth-order valence-electron chi connectivity index (χ4n) is 2.72. The lowest BCUT2D eigenvalue weighted by molar-refractivity contribution is -0.151. The van der Waals surface area contributed by atoms with Crippen LogP contribution in [0.5, 0.6) is 5.75 Å². The van der Waals surface area contributed by atoms with Crippen molar-refractivity contribution in [1.29, 1.82) is 0 Å². The molecule has 0 saturated heterocycles. The molecule has 27 heavy (non-hydrogen) atoms. The van der Waals surface area contributed by atoms with Gasteiger partial charge in [-0.2, -0.15) is 0 Å². The van der Waals surface area contributed by atoms with Gasteiger partial charge >= 0.3 is 5.97 Å². The topological polar surface area (TPSA) is 88.5 Å². The summed E-state index contributed by atoms with van der Waals surface area (Å²) in [4.78, 5) is 27.8. The van der Waals surface area contributed by atoms with Crippen LogP contribution in [-0.4, -0.2) is 22.0 Å². The van der Waals surface area contributed by atoms with Gasteiger partial charge in [0, 0.05) is 24.4 Å². The summed E-state index contributed by atoms with van der Waals surface area (Å²) in [6, 6.07) is 9.42. The Hall–Kier alpha value is -2.96. The monoisotopic (exact) mass is 374 g/mol. The molecule has 0 spiro atoms. The predicted molar refractivity (Wildman–Crippen MR) is 98.9 cm³/mol. The van der Waals surface area contributed by atoms with Crippen LogP contribution in [0.4, 0.5) is 10.1 Å². The molecule has 0 aliphatic rings. The maximum Gasteiger partial charge on any atom is 0.310 e. The minimum atomic E-state index is -1.12. The molecule has 2 rings (SSSR count). The molecule has 7 heteroatoms. The molecular weight excluding hydrogens is 351 g/mol. The lowest BCUT2D eigenvalue weighted by Gasteiger charge is -2.25. The highest BCUT2D eigenvalue weighted by atomic mass is 19.1. The van der Waals surface area contributed by atoms with Gasteiger partial charge in [0.05, 0.1) is 11.1 Å². The largest absolute Gasteiger partial charge is 0.484 e. The number of carbonyl (C=O) groups is 2. The van der Waals surface area contributed by atoms with Crippen LogP contribution in [0, 0.1) is 11.2 Å². The van der Waals surface area contributed by atoms with Gasteiger partial charge in [-0.3, -0.25) is 14.6 Å². The van der Waals surface area contributed by atoms with Crippen molar-refractivity contribution in [2.45, 2.75) is 39.7 Å². The van der Waals surface area contributed by atoms with Crippen LogP contribution in [0.15, 0.2) is 42.6 Å². The first-order valence-electron chi connectivity index (χ1n) is 8.75. The molecule has 0 aliphatic heterocycles. The summed E-state index contributed by atoms with van der Waals surface area (Å²) >= 11 is 0. The minimum Gasteiger partial charge on any atom is -0.484 e. The molecule has 1 amide bonds. The normalized spacial score (nSPS) is 11.1. The van der Waals surface area contributed by atoms with Gasteiger partial charge in [0.25, 0.3) is 0 Å². The Kier molecular flexibility index (Phi) is 6.87. The van der Waals surface area contributed by atoms with Gasteiger partial charge < -0.3 is 15.2 Å². The number of amides is 1. The Bertz CT molecular complexity index is 792. The quantitative estimate of drug-likeness (QED) is 0.692. The Balaban J connectivity index is 2.00. The Morgan fingerprint density at radius 2 is 1.96 bits per heavy atom. The summed E-state index contributed by atoms with van der Waals surface area (Å²) in [5, 5.41) is 12.0. The van der Waals surface area contributed by atoms with E-state index in [9.17, 15) is 19.1 Å². The van der Waals surface area contributed by atoms with E-state index >= 15 is 0 Å². The van der Waals surface area contributed by atoms with Crippen LogP contribution < -0.4 is 10.1 Å². The van der Waals surface area contributed by atoms with E-state index < -0.39 is 23.1 Å². The van der Waals surface area contributed by atoms with E-state index in [-0.39, 0.29) is 24.5 Å². The van der Waals surface area contributed by atoms with Crippen molar-refractivity contribution in [3.8, 4) is 5.75 Å². The van der Waals surface area contributed by atoms with Gasteiger partial charge in [-0.15, -0.1) is 0 Å². The summed E-state index contributed by atoms with van der Waals surface area (Å²) in [6.07, 6.45) is 2.12. The maximum atomic E-state index is 14.2. The predicted octanol–water partition coefficient (Wildman–Crippen LogP) is 4.02. The first kappa shape index (κ1) is 20.4. The van der Waals surface area contributed by atoms with Crippen LogP contribution in [0.2, 0.25) is 0 Å². The lowest BCUT2D eigenvalue weighted by atomic mass is 9.79. The standard InChI is InChI=1S/C20H23FN2O4/c1-3-20(4-2,19(25)26)12-18(24)23-14-8-9-17(16(21)11-14)27-13-15-7-5-6-10-22-15/h5-11H,3-4,12-13H2,1-2H3,(H,23,24)(H,25,26). The Morgan fingerprint density at radius 1 is 1.22 bits per heavy atom. The van der Waals surface area contributed by atoms with Crippen molar-refractivity contribution in [3.63, 3.8) is 0 Å². The van der Waals surface area contributed by atoms with E-state index in [0.717, 1.165) is 6.07 Å². The molecule has 0 bridgehead atoms. The maximum absolute atomic E-state index is 14.2. The van der Waals surface area contributed by atoms with Gasteiger partial charge in [0.15, 0.2) is 11.6 Å². The molecule has 2 N–H and O–H groups in total. The number of hydrogen-bond acceptors (Lipinski definition) is 4. The molecule has 0 saturated carbocycles. The number of carbonyl (C=O) groups excluding carboxylic acids is 1. The minimum absolute atomic E-state index is 0.0423. The fraction of sp³-hybridized carbons (Fsp3) is 0.350. The number of benzene rings is 1. The summed E-state index contributed by atoms with van der Waals surface area (Å²) in [7, 11) is 0. The van der Waals surface area contributed by atoms with Crippen molar-refractivity contribution < 1.29 is 23.8 Å². The third-order valence-electron chi connectivity index (χ3n) is 4.62. The molecule has 1 aromatic heterocycles. The molecular formula is C20H23FN2O4. The van der Waals surface area contributed by atoms with Crippen LogP contribution in [-0.2, 0) is 16.2 Å². The second-order valence-corrected chi connectivity index (χ2v) is 6.27. The highest BCUT2D eigenvalue weighted by Crippen LogP contribution is 2.31. The lowest BCUT2D eigenvalue weighted by Crippen LogP contribution is -2.34. The van der Waals surface area contributed by atoms with E-state index in [1.165, 1.54) is 12.1 Å². The molecule has 1 heterocycles. The van der Waals surface area contributed by atoms with E-state index in [2.05, 4.69) is 10.3 Å². The average molecular weight is 374 g/mol. The highest BCUT2D eigenvalue weighted by Gasteiger charge is 2.37. The van der Waals surface area contributed by atoms with Crippen LogP contribution in [0.1, 0.15) is 38.8 Å². The molecule has 0 aliphatic carbocycles. The smallest absolute Gasteiger partial charge is 0.310 e. The van der Waals surface area contributed by atoms with E-state index in [4.69, 9.17) is 4.74 Å². The number of rotatable bonds is 9. The summed E-state index contributed by atoms with van der Waals surface area (Å²) in [6.45, 7) is 3.59. The molecule has 2 aromatic rings. The van der Waals surface area contributed by atoms with E-state index in [0.29, 0.717) is 18.5 Å². The second-order valence-electron chi connectivity index (χ2n) is 6.27. The first-order chi connectivity index (χ1) is 12.9. The van der Waals surface area contributed by atoms with Crippen molar-refractivity contribution in [2.24, 2.45) is 5.41 Å². The average Bonchev–Trinajstić information content (AvgIpc) is 2.66. The Morgan fingerprint density at radius 3 is 2.52 bits per heavy atom. The number of ether oxygens (including phenoxy) is 1. The van der Waals surface area contributed by atoms with Crippen LogP contribution in [0.3, 0.4) is 0 Å². The highest BCUT2D eigenvalue weighted by molar-refractivity contribution is 5.94. The number of hydrogen-bond donors (Lipinski definition) is 2. The number of aliphatic carboxylic acids is 1. The van der Waals surface area contributed by atoms with Gasteiger partial charge in [0.2, 0.25) is 5.91 Å². The van der Waals surface area contributed by atoms with Crippen molar-refractivity contribution in [1.82, 2.24) is 4.98 Å². The SMILES string of the molecule is CCC(CC)(CC(=O)Nc1ccc(OCc2ccccn2)c(F)c1)C(=O)O. The summed E-state index contributed by atoms with van der Waals surface area (Å²) < 4.78 is 19.6. The van der Waals surface area contributed by atoms with E-state index in [1.807, 2.05) is 6.07 Å². The number of pyridine rings is 1. The van der Waals surface area contributed by atoms with Crippen LogP contribution >= 0.6 is 0 Å². The van der Waals surface area contributed by atoms with Crippen molar-refractivity contribution in [3.05, 3.63) is 54.1 Å². The molecule has 144 valence electrons. The van der Waals surface area contributed by atoms with Crippen molar-refractivity contribution in [2.75, 3.05) is 5.32 Å². The zero-order valence-electron chi connectivity index (χ0n) is 15.4. The number of nitrogens with one attached hydrogen (secondary N) is 1. The number of anilines is 1. The Labute approximate surface area is 157 Å². The molecule has 0 atom stereocenters. The van der Waals surface area contributed by atoms with Gasteiger partial charge in [-0.05, 0) is 37.1 Å². The molecule has 1 aromatic carbocycles. The molecule has 0 fully saturated rings. The van der Waals surface area contributed by atoms with Gasteiger partial charge in [0.1, 0.15) is 6.61 Å². The fourth-order valence-corrected chi connectivity index (χ4v) is 2.72. The molecule has 6 nitrogen and oxygen atoms in total. The number of carboxylic acids is 1. The molecule has 0 unspecified atom stereocenters. The number of aromatic nitrogens is 1. The van der Waals surface area contributed by atoms with Crippen LogP contribution in [0.25, 0.3) is 0 Å². The summed E-state index contributed by atoms with van der Waals surface area (Å²) in [5.74, 6) is -2.06. The summed E-state index contributed by atoms with van der Waals surface area (Å²) in [5.41, 5.74) is -0.207. The number of carboxylic acid groups (broad SMARTS) is 1. The second kappa shape index (κ2) is 9.12. The zero-order chi connectivity index (χ0) is 19.9. The van der Waals surface area contributed by atoms with Crippen molar-refractivity contribution >= 4 is 17.6 Å². The number of nitrogens with zero attached hydrogens (tertiary/aromatic N) is 1. The number of halogens is 1. The zero-order valence-corrected chi connectivity index (χ0v) is 15.4. The third-order valence-corrected chi connectivity index (χ3v) is 4.62. The van der Waals surface area contributed by atoms with Gasteiger partial charge in [-0.25, -0.2) is 4.39 Å². The van der Waals surface area contributed by atoms with E-state index in [1.54, 1.807) is 32.2 Å². The first-order valence-corrected chi connectivity index (χ1v) is 8.75. The van der Waals surface area contributed by atoms with Gasteiger partial charge in [-0.1, -0.05) is 19.9 Å². The third kappa shape index (κ3) is 5.26.